The van der Waals surface area contributed by atoms with Crippen LogP contribution in [0.1, 0.15) is 24.1 Å². The molecule has 23 heavy (non-hydrogen) atoms. The van der Waals surface area contributed by atoms with Crippen LogP contribution in [0, 0.1) is 25.7 Å². The number of pyridine rings is 1. The third-order valence-corrected chi connectivity index (χ3v) is 5.18. The molecule has 0 N–H and O–H groups in total. The van der Waals surface area contributed by atoms with Crippen LogP contribution in [0.2, 0.25) is 0 Å². The Balaban J connectivity index is 1.70. The van der Waals surface area contributed by atoms with Gasteiger partial charge in [-0.1, -0.05) is 18.2 Å². The van der Waals surface area contributed by atoms with E-state index in [4.69, 9.17) is 4.98 Å². The van der Waals surface area contributed by atoms with Crippen LogP contribution >= 0.6 is 0 Å². The molecule has 0 radical (unpaired) electrons. The Kier molecular flexibility index (Phi) is 3.60. The number of aryl methyl sites for hydroxylation is 1. The van der Waals surface area contributed by atoms with Gasteiger partial charge in [-0.3, -0.25) is 4.98 Å². The van der Waals surface area contributed by atoms with Gasteiger partial charge < -0.3 is 4.90 Å². The van der Waals surface area contributed by atoms with Gasteiger partial charge in [-0.2, -0.15) is 0 Å². The van der Waals surface area contributed by atoms with E-state index in [-0.39, 0.29) is 0 Å². The minimum Gasteiger partial charge on any atom is -0.356 e. The van der Waals surface area contributed by atoms with E-state index < -0.39 is 0 Å². The third kappa shape index (κ3) is 2.62. The van der Waals surface area contributed by atoms with Gasteiger partial charge in [0.05, 0.1) is 0 Å². The average molecular weight is 306 g/mol. The highest BCUT2D eigenvalue weighted by Crippen LogP contribution is 2.36. The van der Waals surface area contributed by atoms with Crippen molar-refractivity contribution < 1.29 is 0 Å². The van der Waals surface area contributed by atoms with Crippen molar-refractivity contribution >= 4 is 5.82 Å². The van der Waals surface area contributed by atoms with Crippen LogP contribution in [0.4, 0.5) is 5.82 Å². The predicted molar refractivity (Wildman–Crippen MR) is 92.3 cm³/mol. The Labute approximate surface area is 137 Å². The van der Waals surface area contributed by atoms with Gasteiger partial charge in [0.1, 0.15) is 11.5 Å². The molecule has 1 saturated heterocycles. The zero-order valence-corrected chi connectivity index (χ0v) is 13.7. The summed E-state index contributed by atoms with van der Waals surface area (Å²) in [5.41, 5.74) is 3.08. The van der Waals surface area contributed by atoms with Gasteiger partial charge in [-0.25, -0.2) is 9.97 Å². The summed E-state index contributed by atoms with van der Waals surface area (Å²) in [5, 5.41) is 0. The largest absolute Gasteiger partial charge is 0.356 e. The lowest BCUT2D eigenvalue weighted by molar-refractivity contribution is 0.411. The zero-order valence-electron chi connectivity index (χ0n) is 13.7. The third-order valence-electron chi connectivity index (χ3n) is 5.18. The molecule has 0 aromatic carbocycles. The second-order valence-electron chi connectivity index (χ2n) is 6.66. The highest BCUT2D eigenvalue weighted by atomic mass is 15.2. The molecular weight excluding hydrogens is 284 g/mol. The minimum absolute atomic E-state index is 0.733. The van der Waals surface area contributed by atoms with Gasteiger partial charge in [0.2, 0.25) is 0 Å². The summed E-state index contributed by atoms with van der Waals surface area (Å²) < 4.78 is 0. The van der Waals surface area contributed by atoms with Gasteiger partial charge in [0.25, 0.3) is 0 Å². The summed E-state index contributed by atoms with van der Waals surface area (Å²) in [6.45, 7) is 6.41. The SMILES string of the molecule is Cc1nc(-c2ccccn2)nc(N2CC3CC=CCC3C2)c1C. The summed E-state index contributed by atoms with van der Waals surface area (Å²) in [7, 11) is 0. The van der Waals surface area contributed by atoms with Gasteiger partial charge in [-0.05, 0) is 50.7 Å². The maximum absolute atomic E-state index is 4.88. The molecule has 1 aliphatic carbocycles. The Bertz CT molecular complexity index is 723. The summed E-state index contributed by atoms with van der Waals surface area (Å²) in [6.07, 6.45) is 8.88. The fraction of sp³-hybridized carbons (Fsp3) is 0.421. The van der Waals surface area contributed by atoms with Crippen molar-refractivity contribution in [2.75, 3.05) is 18.0 Å². The summed E-state index contributed by atoms with van der Waals surface area (Å²) in [4.78, 5) is 16.4. The number of hydrogen-bond donors (Lipinski definition) is 0. The number of hydrogen-bond acceptors (Lipinski definition) is 4. The first kappa shape index (κ1) is 14.4. The molecule has 4 heteroatoms. The molecule has 4 rings (SSSR count). The summed E-state index contributed by atoms with van der Waals surface area (Å²) in [6, 6.07) is 5.88. The quantitative estimate of drug-likeness (QED) is 0.796. The van der Waals surface area contributed by atoms with Crippen molar-refractivity contribution in [3.63, 3.8) is 0 Å². The van der Waals surface area contributed by atoms with E-state index in [1.165, 1.54) is 18.4 Å². The number of fused-ring (bicyclic) bond motifs is 1. The van der Waals surface area contributed by atoms with Crippen LogP contribution in [-0.2, 0) is 0 Å². The van der Waals surface area contributed by atoms with Crippen LogP contribution in [0.3, 0.4) is 0 Å². The maximum atomic E-state index is 4.88. The molecule has 2 aromatic rings. The van der Waals surface area contributed by atoms with Crippen molar-refractivity contribution in [2.24, 2.45) is 11.8 Å². The van der Waals surface area contributed by atoms with Crippen molar-refractivity contribution in [3.8, 4) is 11.5 Å². The van der Waals surface area contributed by atoms with Crippen molar-refractivity contribution in [2.45, 2.75) is 26.7 Å². The van der Waals surface area contributed by atoms with Crippen LogP contribution < -0.4 is 4.90 Å². The Morgan fingerprint density at radius 1 is 1.00 bits per heavy atom. The fourth-order valence-corrected chi connectivity index (χ4v) is 3.72. The Morgan fingerprint density at radius 2 is 1.74 bits per heavy atom. The second kappa shape index (κ2) is 5.76. The zero-order chi connectivity index (χ0) is 15.8. The van der Waals surface area contributed by atoms with Gasteiger partial charge in [-0.15, -0.1) is 0 Å². The van der Waals surface area contributed by atoms with E-state index in [0.717, 1.165) is 48.0 Å². The molecule has 1 fully saturated rings. The monoisotopic (exact) mass is 306 g/mol. The molecule has 2 aromatic heterocycles. The molecule has 1 aliphatic heterocycles. The molecule has 0 spiro atoms. The molecule has 0 bridgehead atoms. The fourth-order valence-electron chi connectivity index (χ4n) is 3.72. The van der Waals surface area contributed by atoms with E-state index in [1.807, 2.05) is 18.2 Å². The molecule has 118 valence electrons. The molecular formula is C19H22N4. The predicted octanol–water partition coefficient (Wildman–Crippen LogP) is 3.56. The molecule has 2 atom stereocenters. The summed E-state index contributed by atoms with van der Waals surface area (Å²) >= 11 is 0. The van der Waals surface area contributed by atoms with Gasteiger partial charge >= 0.3 is 0 Å². The van der Waals surface area contributed by atoms with Crippen molar-refractivity contribution in [1.82, 2.24) is 15.0 Å². The molecule has 3 heterocycles. The maximum Gasteiger partial charge on any atom is 0.180 e. The van der Waals surface area contributed by atoms with Crippen LogP contribution in [0.15, 0.2) is 36.5 Å². The molecule has 0 saturated carbocycles. The topological polar surface area (TPSA) is 41.9 Å². The van der Waals surface area contributed by atoms with Crippen LogP contribution in [0.25, 0.3) is 11.5 Å². The van der Waals surface area contributed by atoms with E-state index in [0.29, 0.717) is 0 Å². The molecule has 2 aliphatic rings. The molecule has 2 unspecified atom stereocenters. The first-order valence-electron chi connectivity index (χ1n) is 8.39. The highest BCUT2D eigenvalue weighted by molar-refractivity contribution is 5.57. The van der Waals surface area contributed by atoms with Gasteiger partial charge in [0.15, 0.2) is 5.82 Å². The van der Waals surface area contributed by atoms with Crippen LogP contribution in [-0.4, -0.2) is 28.0 Å². The van der Waals surface area contributed by atoms with E-state index in [1.54, 1.807) is 6.20 Å². The highest BCUT2D eigenvalue weighted by Gasteiger charge is 2.34. The number of rotatable bonds is 2. The lowest BCUT2D eigenvalue weighted by atomic mass is 9.86. The lowest BCUT2D eigenvalue weighted by Gasteiger charge is -2.21. The first-order chi connectivity index (χ1) is 11.2. The molecule has 4 nitrogen and oxygen atoms in total. The lowest BCUT2D eigenvalue weighted by Crippen LogP contribution is -2.23. The van der Waals surface area contributed by atoms with Crippen LogP contribution in [0.5, 0.6) is 0 Å². The summed E-state index contributed by atoms with van der Waals surface area (Å²) in [5.74, 6) is 3.37. The first-order valence-corrected chi connectivity index (χ1v) is 8.39. The Morgan fingerprint density at radius 3 is 2.39 bits per heavy atom. The average Bonchev–Trinajstić information content (AvgIpc) is 3.02. The Hall–Kier alpha value is -2.23. The smallest absolute Gasteiger partial charge is 0.180 e. The van der Waals surface area contributed by atoms with E-state index in [9.17, 15) is 0 Å². The van der Waals surface area contributed by atoms with E-state index in [2.05, 4.69) is 40.9 Å². The minimum atomic E-state index is 0.733. The second-order valence-corrected chi connectivity index (χ2v) is 6.66. The van der Waals surface area contributed by atoms with Gasteiger partial charge in [0, 0.05) is 30.5 Å². The van der Waals surface area contributed by atoms with Crippen molar-refractivity contribution in [1.29, 1.82) is 0 Å². The number of allylic oxidation sites excluding steroid dienone is 2. The van der Waals surface area contributed by atoms with Crippen molar-refractivity contribution in [3.05, 3.63) is 47.8 Å². The normalized spacial score (nSPS) is 23.1. The number of nitrogens with zero attached hydrogens (tertiary/aromatic N) is 4. The number of aromatic nitrogens is 3. The number of anilines is 1. The molecule has 0 amide bonds. The standard InChI is InChI=1S/C19H22N4/c1-13-14(2)21-18(17-9-5-6-10-20-17)22-19(13)23-11-15-7-3-4-8-16(15)12-23/h3-6,9-10,15-16H,7-8,11-12H2,1-2H3. The van der Waals surface area contributed by atoms with E-state index >= 15 is 0 Å².